The molecule has 1 aromatic heterocycles. The van der Waals surface area contributed by atoms with Crippen LogP contribution in [0.1, 0.15) is 39.4 Å². The van der Waals surface area contributed by atoms with Crippen molar-refractivity contribution >= 4 is 0 Å². The minimum absolute atomic E-state index is 0.0689. The number of rotatable bonds is 6. The molecule has 0 aromatic carbocycles. The van der Waals surface area contributed by atoms with Crippen LogP contribution in [-0.4, -0.2) is 39.6 Å². The zero-order chi connectivity index (χ0) is 13.0. The van der Waals surface area contributed by atoms with Crippen LogP contribution in [0.3, 0.4) is 0 Å². The normalized spacial score (nSPS) is 25.5. The number of nitrogens with one attached hydrogen (secondary N) is 1. The average Bonchev–Trinajstić information content (AvgIpc) is 2.98. The van der Waals surface area contributed by atoms with Gasteiger partial charge < -0.3 is 10.1 Å². The van der Waals surface area contributed by atoms with E-state index < -0.39 is 0 Å². The highest BCUT2D eigenvalue weighted by molar-refractivity contribution is 4.99. The first-order valence-electron chi connectivity index (χ1n) is 6.93. The van der Waals surface area contributed by atoms with Gasteiger partial charge in [-0.3, -0.25) is 4.68 Å². The molecule has 0 amide bonds. The molecule has 0 aliphatic carbocycles. The van der Waals surface area contributed by atoms with Crippen molar-refractivity contribution in [3.63, 3.8) is 0 Å². The van der Waals surface area contributed by atoms with Gasteiger partial charge in [-0.25, -0.2) is 4.98 Å². The molecule has 0 radical (unpaired) electrons. The Balaban J connectivity index is 2.11. The lowest BCUT2D eigenvalue weighted by molar-refractivity contribution is -0.0117. The second-order valence-corrected chi connectivity index (χ2v) is 5.07. The van der Waals surface area contributed by atoms with Crippen LogP contribution in [0.2, 0.25) is 0 Å². The maximum Gasteiger partial charge on any atom is 0.138 e. The Kier molecular flexibility index (Phi) is 4.35. The smallest absolute Gasteiger partial charge is 0.138 e. The molecule has 1 fully saturated rings. The number of ether oxygens (including phenoxy) is 1. The Bertz CT molecular complexity index is 371. The predicted molar refractivity (Wildman–Crippen MR) is 70.5 cm³/mol. The first-order chi connectivity index (χ1) is 8.69. The molecule has 18 heavy (non-hydrogen) atoms. The molecule has 2 rings (SSSR count). The standard InChI is InChI=1S/C13H24N4O/c1-4-14-11(13(3)7-6-8-18-13)9-12-15-10-16-17(12)5-2/h10-11,14H,4-9H2,1-3H3. The van der Waals surface area contributed by atoms with E-state index >= 15 is 0 Å². The minimum Gasteiger partial charge on any atom is -0.374 e. The van der Waals surface area contributed by atoms with Crippen LogP contribution < -0.4 is 5.32 Å². The van der Waals surface area contributed by atoms with E-state index in [-0.39, 0.29) is 5.60 Å². The van der Waals surface area contributed by atoms with Gasteiger partial charge >= 0.3 is 0 Å². The van der Waals surface area contributed by atoms with E-state index in [2.05, 4.69) is 36.2 Å². The molecule has 5 nitrogen and oxygen atoms in total. The summed E-state index contributed by atoms with van der Waals surface area (Å²) in [5.41, 5.74) is -0.0689. The molecular formula is C13H24N4O. The molecule has 0 spiro atoms. The molecule has 1 aromatic rings. The molecule has 2 unspecified atom stereocenters. The average molecular weight is 252 g/mol. The Hall–Kier alpha value is -0.940. The lowest BCUT2D eigenvalue weighted by Crippen LogP contribution is -2.50. The van der Waals surface area contributed by atoms with Gasteiger partial charge in [-0.15, -0.1) is 0 Å². The Morgan fingerprint density at radius 3 is 3.00 bits per heavy atom. The van der Waals surface area contributed by atoms with Crippen molar-refractivity contribution in [2.75, 3.05) is 13.2 Å². The van der Waals surface area contributed by atoms with E-state index in [9.17, 15) is 0 Å². The molecule has 0 saturated carbocycles. The van der Waals surface area contributed by atoms with E-state index in [0.29, 0.717) is 6.04 Å². The van der Waals surface area contributed by atoms with E-state index in [4.69, 9.17) is 4.74 Å². The van der Waals surface area contributed by atoms with Crippen LogP contribution in [0.25, 0.3) is 0 Å². The first-order valence-corrected chi connectivity index (χ1v) is 6.93. The van der Waals surface area contributed by atoms with Gasteiger partial charge in [0, 0.05) is 25.6 Å². The SMILES string of the molecule is CCNC(Cc1ncnn1CC)C1(C)CCCO1. The molecule has 0 bridgehead atoms. The third-order valence-corrected chi connectivity index (χ3v) is 3.82. The molecule has 1 N–H and O–H groups in total. The predicted octanol–water partition coefficient (Wildman–Crippen LogP) is 1.39. The summed E-state index contributed by atoms with van der Waals surface area (Å²) in [6.45, 7) is 9.12. The van der Waals surface area contributed by atoms with Gasteiger partial charge in [-0.1, -0.05) is 6.92 Å². The van der Waals surface area contributed by atoms with Crippen LogP contribution in [0, 0.1) is 0 Å². The van der Waals surface area contributed by atoms with Crippen LogP contribution in [-0.2, 0) is 17.7 Å². The quantitative estimate of drug-likeness (QED) is 0.831. The van der Waals surface area contributed by atoms with Gasteiger partial charge in [0.1, 0.15) is 12.2 Å². The number of hydrogen-bond acceptors (Lipinski definition) is 4. The van der Waals surface area contributed by atoms with E-state index in [1.54, 1.807) is 6.33 Å². The zero-order valence-corrected chi connectivity index (χ0v) is 11.6. The fourth-order valence-electron chi connectivity index (χ4n) is 2.72. The van der Waals surface area contributed by atoms with Crippen LogP contribution in [0.4, 0.5) is 0 Å². The topological polar surface area (TPSA) is 52.0 Å². The van der Waals surface area contributed by atoms with Crippen LogP contribution >= 0.6 is 0 Å². The molecule has 1 aliphatic heterocycles. The number of aromatic nitrogens is 3. The van der Waals surface area contributed by atoms with Crippen molar-refractivity contribution in [3.8, 4) is 0 Å². The van der Waals surface area contributed by atoms with Crippen molar-refractivity contribution in [1.29, 1.82) is 0 Å². The first kappa shape index (κ1) is 13.5. The third-order valence-electron chi connectivity index (χ3n) is 3.82. The van der Waals surface area contributed by atoms with Gasteiger partial charge in [0.15, 0.2) is 0 Å². The second kappa shape index (κ2) is 5.80. The van der Waals surface area contributed by atoms with E-state index in [1.165, 1.54) is 0 Å². The Labute approximate surface area is 109 Å². The summed E-state index contributed by atoms with van der Waals surface area (Å²) < 4.78 is 7.92. The summed E-state index contributed by atoms with van der Waals surface area (Å²) in [4.78, 5) is 4.37. The van der Waals surface area contributed by atoms with Crippen LogP contribution in [0.5, 0.6) is 0 Å². The van der Waals surface area contributed by atoms with E-state index in [1.807, 2.05) is 4.68 Å². The minimum atomic E-state index is -0.0689. The Morgan fingerprint density at radius 1 is 1.56 bits per heavy atom. The number of likely N-dealkylation sites (N-methyl/N-ethyl adjacent to an activating group) is 1. The summed E-state index contributed by atoms with van der Waals surface area (Å²) in [6.07, 6.45) is 4.78. The third kappa shape index (κ3) is 2.72. The summed E-state index contributed by atoms with van der Waals surface area (Å²) in [5.74, 6) is 1.04. The highest BCUT2D eigenvalue weighted by Crippen LogP contribution is 2.30. The highest BCUT2D eigenvalue weighted by atomic mass is 16.5. The van der Waals surface area contributed by atoms with Gasteiger partial charge in [0.05, 0.1) is 5.60 Å². The van der Waals surface area contributed by atoms with Crippen molar-refractivity contribution in [1.82, 2.24) is 20.1 Å². The number of hydrogen-bond donors (Lipinski definition) is 1. The summed E-state index contributed by atoms with van der Waals surface area (Å²) in [7, 11) is 0. The largest absolute Gasteiger partial charge is 0.374 e. The van der Waals surface area contributed by atoms with E-state index in [0.717, 1.165) is 44.8 Å². The zero-order valence-electron chi connectivity index (χ0n) is 11.6. The Morgan fingerprint density at radius 2 is 2.39 bits per heavy atom. The fraction of sp³-hybridized carbons (Fsp3) is 0.846. The molecule has 1 aliphatic rings. The van der Waals surface area contributed by atoms with Crippen molar-refractivity contribution in [2.24, 2.45) is 0 Å². The monoisotopic (exact) mass is 252 g/mol. The van der Waals surface area contributed by atoms with Gasteiger partial charge in [0.25, 0.3) is 0 Å². The summed E-state index contributed by atoms with van der Waals surface area (Å²) in [6, 6.07) is 0.305. The second-order valence-electron chi connectivity index (χ2n) is 5.07. The van der Waals surface area contributed by atoms with Gasteiger partial charge in [-0.2, -0.15) is 5.10 Å². The highest BCUT2D eigenvalue weighted by Gasteiger charge is 2.38. The summed E-state index contributed by atoms with van der Waals surface area (Å²) in [5, 5.41) is 7.78. The number of aryl methyl sites for hydroxylation is 1. The molecule has 2 atom stereocenters. The summed E-state index contributed by atoms with van der Waals surface area (Å²) >= 11 is 0. The molecular weight excluding hydrogens is 228 g/mol. The molecule has 2 heterocycles. The van der Waals surface area contributed by atoms with Gasteiger partial charge in [-0.05, 0) is 33.2 Å². The van der Waals surface area contributed by atoms with Crippen molar-refractivity contribution in [3.05, 3.63) is 12.2 Å². The van der Waals surface area contributed by atoms with Crippen LogP contribution in [0.15, 0.2) is 6.33 Å². The maximum absolute atomic E-state index is 5.96. The van der Waals surface area contributed by atoms with Crippen molar-refractivity contribution < 1.29 is 4.74 Å². The maximum atomic E-state index is 5.96. The molecule has 5 heteroatoms. The molecule has 1 saturated heterocycles. The fourth-order valence-corrected chi connectivity index (χ4v) is 2.72. The van der Waals surface area contributed by atoms with Crippen molar-refractivity contribution in [2.45, 2.75) is 58.2 Å². The molecule has 102 valence electrons. The lowest BCUT2D eigenvalue weighted by Gasteiger charge is -2.33. The number of nitrogens with zero attached hydrogens (tertiary/aromatic N) is 3. The lowest BCUT2D eigenvalue weighted by atomic mass is 9.90. The van der Waals surface area contributed by atoms with Gasteiger partial charge in [0.2, 0.25) is 0 Å².